The molecular weight excluding hydrogens is 244 g/mol. The minimum atomic E-state index is 0.765. The van der Waals surface area contributed by atoms with E-state index in [1.165, 1.54) is 24.1 Å². The second kappa shape index (κ2) is 5.02. The van der Waals surface area contributed by atoms with E-state index in [1.807, 2.05) is 5.38 Å². The van der Waals surface area contributed by atoms with E-state index in [2.05, 4.69) is 22.2 Å². The van der Waals surface area contributed by atoms with E-state index in [0.717, 1.165) is 36.0 Å². The van der Waals surface area contributed by atoms with E-state index < -0.39 is 0 Å². The van der Waals surface area contributed by atoms with Gasteiger partial charge in [-0.3, -0.25) is 0 Å². The van der Waals surface area contributed by atoms with Crippen molar-refractivity contribution in [2.45, 2.75) is 32.6 Å². The topological polar surface area (TPSA) is 50.7 Å². The summed E-state index contributed by atoms with van der Waals surface area (Å²) in [5, 5.41) is 6.23. The zero-order valence-corrected chi connectivity index (χ0v) is 11.3. The van der Waals surface area contributed by atoms with Crippen LogP contribution in [-0.2, 0) is 12.8 Å². The Labute approximate surface area is 111 Å². The number of anilines is 1. The van der Waals surface area contributed by atoms with E-state index >= 15 is 0 Å². The molecule has 1 aliphatic carbocycles. The molecule has 0 fully saturated rings. The van der Waals surface area contributed by atoms with E-state index in [0.29, 0.717) is 0 Å². The van der Waals surface area contributed by atoms with E-state index in [9.17, 15) is 0 Å². The summed E-state index contributed by atoms with van der Waals surface area (Å²) in [7, 11) is 0. The van der Waals surface area contributed by atoms with Crippen LogP contribution in [0, 0.1) is 0 Å². The van der Waals surface area contributed by atoms with Crippen molar-refractivity contribution >= 4 is 17.2 Å². The first-order valence-electron chi connectivity index (χ1n) is 6.42. The number of rotatable bonds is 3. The quantitative estimate of drug-likeness (QED) is 0.922. The highest BCUT2D eigenvalue weighted by atomic mass is 32.1. The first-order chi connectivity index (χ1) is 8.88. The summed E-state index contributed by atoms with van der Waals surface area (Å²) in [6.07, 6.45) is 6.43. The van der Waals surface area contributed by atoms with Crippen molar-refractivity contribution in [1.29, 1.82) is 0 Å². The number of nitrogens with one attached hydrogen (secondary N) is 1. The fourth-order valence-corrected chi connectivity index (χ4v) is 2.91. The molecule has 1 N–H and O–H groups in total. The van der Waals surface area contributed by atoms with Gasteiger partial charge in [0.15, 0.2) is 10.8 Å². The summed E-state index contributed by atoms with van der Waals surface area (Å²) < 4.78 is 0. The maximum Gasteiger partial charge on any atom is 0.190 e. The average molecular weight is 260 g/mol. The van der Waals surface area contributed by atoms with Gasteiger partial charge in [-0.25, -0.2) is 15.0 Å². The van der Waals surface area contributed by atoms with Crippen LogP contribution in [0.5, 0.6) is 0 Å². The maximum absolute atomic E-state index is 4.70. The minimum Gasteiger partial charge on any atom is -0.370 e. The zero-order valence-electron chi connectivity index (χ0n) is 10.4. The lowest BCUT2D eigenvalue weighted by Gasteiger charge is -2.18. The van der Waals surface area contributed by atoms with Crippen molar-refractivity contribution in [3.8, 4) is 10.8 Å². The molecule has 0 aliphatic heterocycles. The second-order valence-electron chi connectivity index (χ2n) is 4.40. The Bertz CT molecular complexity index is 536. The van der Waals surface area contributed by atoms with Crippen LogP contribution in [0.3, 0.4) is 0 Å². The molecule has 0 aromatic carbocycles. The molecule has 0 saturated heterocycles. The molecule has 94 valence electrons. The third-order valence-corrected chi connectivity index (χ3v) is 3.92. The fourth-order valence-electron chi connectivity index (χ4n) is 2.34. The third-order valence-electron chi connectivity index (χ3n) is 3.15. The van der Waals surface area contributed by atoms with Crippen LogP contribution < -0.4 is 5.32 Å². The lowest BCUT2D eigenvalue weighted by molar-refractivity contribution is 0.664. The summed E-state index contributed by atoms with van der Waals surface area (Å²) in [5.74, 6) is 1.77. The molecule has 0 saturated carbocycles. The molecule has 4 nitrogen and oxygen atoms in total. The minimum absolute atomic E-state index is 0.765. The van der Waals surface area contributed by atoms with Gasteiger partial charge < -0.3 is 5.32 Å². The predicted octanol–water partition coefficient (Wildman–Crippen LogP) is 2.91. The van der Waals surface area contributed by atoms with Crippen LogP contribution in [0.25, 0.3) is 10.8 Å². The van der Waals surface area contributed by atoms with Gasteiger partial charge in [-0.2, -0.15) is 0 Å². The molecule has 0 unspecified atom stereocenters. The predicted molar refractivity (Wildman–Crippen MR) is 73.9 cm³/mol. The second-order valence-corrected chi connectivity index (χ2v) is 5.29. The molecule has 2 aromatic heterocycles. The summed E-state index contributed by atoms with van der Waals surface area (Å²) in [4.78, 5) is 13.6. The van der Waals surface area contributed by atoms with Crippen molar-refractivity contribution < 1.29 is 0 Å². The van der Waals surface area contributed by atoms with Crippen molar-refractivity contribution in [2.24, 2.45) is 0 Å². The first kappa shape index (κ1) is 11.6. The van der Waals surface area contributed by atoms with Gasteiger partial charge in [-0.15, -0.1) is 11.3 Å². The van der Waals surface area contributed by atoms with Crippen molar-refractivity contribution in [3.05, 3.63) is 22.8 Å². The van der Waals surface area contributed by atoms with Crippen LogP contribution in [0.15, 0.2) is 11.6 Å². The van der Waals surface area contributed by atoms with Crippen LogP contribution >= 0.6 is 11.3 Å². The van der Waals surface area contributed by atoms with E-state index in [4.69, 9.17) is 4.98 Å². The highest BCUT2D eigenvalue weighted by molar-refractivity contribution is 7.13. The van der Waals surface area contributed by atoms with E-state index in [-0.39, 0.29) is 0 Å². The number of thiazole rings is 1. The molecule has 3 rings (SSSR count). The van der Waals surface area contributed by atoms with Gasteiger partial charge in [0.05, 0.1) is 0 Å². The average Bonchev–Trinajstić information content (AvgIpc) is 2.93. The Morgan fingerprint density at radius 2 is 2.17 bits per heavy atom. The molecule has 1 aliphatic rings. The summed E-state index contributed by atoms with van der Waals surface area (Å²) in [5.41, 5.74) is 2.51. The van der Waals surface area contributed by atoms with Gasteiger partial charge in [-0.05, 0) is 32.6 Å². The maximum atomic E-state index is 4.70. The first-order valence-corrected chi connectivity index (χ1v) is 7.30. The number of hydrogen-bond donors (Lipinski definition) is 1. The van der Waals surface area contributed by atoms with Gasteiger partial charge in [0.25, 0.3) is 0 Å². The Balaban J connectivity index is 2.09. The van der Waals surface area contributed by atoms with Crippen molar-refractivity contribution in [1.82, 2.24) is 15.0 Å². The monoisotopic (exact) mass is 260 g/mol. The molecule has 0 spiro atoms. The Morgan fingerprint density at radius 1 is 1.28 bits per heavy atom. The summed E-state index contributed by atoms with van der Waals surface area (Å²) >= 11 is 1.59. The number of aryl methyl sites for hydroxylation is 1. The fraction of sp³-hybridized carbons (Fsp3) is 0.462. The number of aromatic nitrogens is 3. The molecule has 18 heavy (non-hydrogen) atoms. The van der Waals surface area contributed by atoms with Gasteiger partial charge in [0.2, 0.25) is 0 Å². The molecule has 0 atom stereocenters. The highest BCUT2D eigenvalue weighted by Gasteiger charge is 2.18. The molecule has 0 amide bonds. The summed E-state index contributed by atoms with van der Waals surface area (Å²) in [6, 6.07) is 0. The Morgan fingerprint density at radius 3 is 2.94 bits per heavy atom. The number of nitrogens with zero attached hydrogens (tertiary/aromatic N) is 3. The molecule has 5 heteroatoms. The number of hydrogen-bond acceptors (Lipinski definition) is 5. The lowest BCUT2D eigenvalue weighted by atomic mass is 9.96. The molecule has 2 heterocycles. The third kappa shape index (κ3) is 2.10. The molecular formula is C13H16N4S. The van der Waals surface area contributed by atoms with Crippen molar-refractivity contribution in [3.63, 3.8) is 0 Å². The molecule has 0 radical (unpaired) electrons. The zero-order chi connectivity index (χ0) is 12.4. The Kier molecular flexibility index (Phi) is 3.23. The van der Waals surface area contributed by atoms with Gasteiger partial charge >= 0.3 is 0 Å². The van der Waals surface area contributed by atoms with Crippen LogP contribution in [0.1, 0.15) is 31.0 Å². The normalized spacial score (nSPS) is 14.3. The van der Waals surface area contributed by atoms with Crippen LogP contribution in [0.2, 0.25) is 0 Å². The molecule has 2 aromatic rings. The highest BCUT2D eigenvalue weighted by Crippen LogP contribution is 2.28. The van der Waals surface area contributed by atoms with Gasteiger partial charge in [-0.1, -0.05) is 0 Å². The standard InChI is InChI=1S/C13H16N4S/c1-2-14-11-9-5-3-4-6-10(9)16-12(17-11)13-15-7-8-18-13/h7-8H,2-6H2,1H3,(H,14,16,17). The van der Waals surface area contributed by atoms with Crippen molar-refractivity contribution in [2.75, 3.05) is 11.9 Å². The Hall–Kier alpha value is -1.49. The molecule has 0 bridgehead atoms. The van der Waals surface area contributed by atoms with Gasteiger partial charge in [0, 0.05) is 29.4 Å². The van der Waals surface area contributed by atoms with E-state index in [1.54, 1.807) is 17.5 Å². The smallest absolute Gasteiger partial charge is 0.190 e. The SMILES string of the molecule is CCNc1nc(-c2nccs2)nc2c1CCCC2. The van der Waals surface area contributed by atoms with Crippen LogP contribution in [-0.4, -0.2) is 21.5 Å². The number of fused-ring (bicyclic) bond motifs is 1. The van der Waals surface area contributed by atoms with Gasteiger partial charge in [0.1, 0.15) is 5.82 Å². The lowest BCUT2D eigenvalue weighted by Crippen LogP contribution is -2.13. The largest absolute Gasteiger partial charge is 0.370 e. The van der Waals surface area contributed by atoms with Crippen LogP contribution in [0.4, 0.5) is 5.82 Å². The summed E-state index contributed by atoms with van der Waals surface area (Å²) in [6.45, 7) is 2.99.